The van der Waals surface area contributed by atoms with Crippen LogP contribution in [-0.2, 0) is 17.1 Å². The van der Waals surface area contributed by atoms with Crippen molar-refractivity contribution in [3.05, 3.63) is 94.0 Å². The van der Waals surface area contributed by atoms with Gasteiger partial charge in [-0.15, -0.1) is 11.8 Å². The zero-order chi connectivity index (χ0) is 25.7. The van der Waals surface area contributed by atoms with Crippen molar-refractivity contribution in [1.29, 1.82) is 0 Å². The summed E-state index contributed by atoms with van der Waals surface area (Å²) in [5.41, 5.74) is 5.69. The highest BCUT2D eigenvalue weighted by molar-refractivity contribution is 7.98. The van der Waals surface area contributed by atoms with Gasteiger partial charge in [0.15, 0.2) is 0 Å². The molecule has 0 amide bonds. The zero-order valence-corrected chi connectivity index (χ0v) is 21.5. The van der Waals surface area contributed by atoms with Gasteiger partial charge in [-0.25, -0.2) is 9.78 Å². The molecule has 0 saturated carbocycles. The molecule has 6 nitrogen and oxygen atoms in total. The van der Waals surface area contributed by atoms with Gasteiger partial charge in [-0.3, -0.25) is 4.79 Å². The van der Waals surface area contributed by atoms with Crippen LogP contribution < -0.4 is 9.47 Å². The molecule has 0 radical (unpaired) electrons. The second-order valence-electron chi connectivity index (χ2n) is 8.33. The average molecular weight is 502 g/mol. The Morgan fingerprint density at radius 3 is 2.56 bits per heavy atom. The number of hydrogen-bond acceptors (Lipinski definition) is 7. The summed E-state index contributed by atoms with van der Waals surface area (Å²) >= 11 is 1.47. The number of rotatable bonds is 9. The molecule has 0 aliphatic carbocycles. The average Bonchev–Trinajstić information content (AvgIpc) is 2.91. The van der Waals surface area contributed by atoms with Crippen LogP contribution >= 0.6 is 11.8 Å². The predicted octanol–water partition coefficient (Wildman–Crippen LogP) is 6.33. The van der Waals surface area contributed by atoms with E-state index in [-0.39, 0.29) is 12.2 Å². The van der Waals surface area contributed by atoms with Crippen LogP contribution in [0.1, 0.15) is 43.0 Å². The van der Waals surface area contributed by atoms with Crippen molar-refractivity contribution in [3.63, 3.8) is 0 Å². The monoisotopic (exact) mass is 501 g/mol. The van der Waals surface area contributed by atoms with Crippen LogP contribution in [-0.4, -0.2) is 31.5 Å². The van der Waals surface area contributed by atoms with E-state index in [9.17, 15) is 9.59 Å². The quantitative estimate of drug-likeness (QED) is 0.151. The Hall–Kier alpha value is -3.84. The van der Waals surface area contributed by atoms with Crippen molar-refractivity contribution in [2.45, 2.75) is 31.2 Å². The predicted molar refractivity (Wildman–Crippen MR) is 141 cm³/mol. The molecule has 184 valence electrons. The lowest BCUT2D eigenvalue weighted by Gasteiger charge is -2.17. The number of fused-ring (bicyclic) bond motifs is 1. The molecule has 1 aromatic heterocycles. The fourth-order valence-electron chi connectivity index (χ4n) is 3.93. The van der Waals surface area contributed by atoms with Crippen molar-refractivity contribution in [1.82, 2.24) is 4.98 Å². The summed E-state index contributed by atoms with van der Waals surface area (Å²) in [6.07, 6.45) is 0.771. The summed E-state index contributed by atoms with van der Waals surface area (Å²) in [5.74, 6) is 1.08. The second kappa shape index (κ2) is 11.3. The largest absolute Gasteiger partial charge is 0.496 e. The van der Waals surface area contributed by atoms with E-state index in [1.807, 2.05) is 24.3 Å². The first-order valence-electron chi connectivity index (χ1n) is 11.4. The van der Waals surface area contributed by atoms with Gasteiger partial charge in [0, 0.05) is 22.3 Å². The molecule has 0 atom stereocenters. The number of ether oxygens (including phenoxy) is 3. The number of benzene rings is 3. The fraction of sp³-hybridized carbons (Fsp3) is 0.207. The number of carbonyl (C=O) groups is 2. The van der Waals surface area contributed by atoms with E-state index < -0.39 is 5.97 Å². The number of pyridine rings is 1. The van der Waals surface area contributed by atoms with Gasteiger partial charge in [-0.05, 0) is 55.3 Å². The topological polar surface area (TPSA) is 74.7 Å². The third kappa shape index (κ3) is 5.36. The minimum Gasteiger partial charge on any atom is -0.496 e. The molecule has 0 aliphatic rings. The summed E-state index contributed by atoms with van der Waals surface area (Å²) in [4.78, 5) is 29.2. The smallest absolute Gasteiger partial charge is 0.344 e. The molecule has 0 bridgehead atoms. The van der Waals surface area contributed by atoms with E-state index in [1.165, 1.54) is 35.6 Å². The maximum absolute atomic E-state index is 13.0. The number of methoxy groups -OCH3 is 2. The van der Waals surface area contributed by atoms with Gasteiger partial charge in [0.25, 0.3) is 0 Å². The maximum atomic E-state index is 13.0. The molecule has 36 heavy (non-hydrogen) atoms. The number of carbonyl (C=O) groups excluding carboxylic acids is 2. The lowest BCUT2D eigenvalue weighted by molar-refractivity contribution is 0.0590. The van der Waals surface area contributed by atoms with E-state index >= 15 is 0 Å². The molecule has 3 aromatic carbocycles. The highest BCUT2D eigenvalue weighted by Gasteiger charge is 2.24. The van der Waals surface area contributed by atoms with Crippen LogP contribution in [0.3, 0.4) is 0 Å². The molecule has 4 aromatic rings. The molecule has 0 unspecified atom stereocenters. The van der Waals surface area contributed by atoms with Crippen LogP contribution in [0, 0.1) is 13.8 Å². The van der Waals surface area contributed by atoms with E-state index in [1.54, 1.807) is 25.3 Å². The third-order valence-electron chi connectivity index (χ3n) is 5.88. The van der Waals surface area contributed by atoms with E-state index in [0.29, 0.717) is 44.3 Å². The molecule has 0 N–H and O–H groups in total. The number of aromatic nitrogens is 1. The second-order valence-corrected chi connectivity index (χ2v) is 9.29. The normalized spacial score (nSPS) is 10.8. The van der Waals surface area contributed by atoms with Crippen molar-refractivity contribution in [2.75, 3.05) is 14.2 Å². The van der Waals surface area contributed by atoms with Gasteiger partial charge in [-0.1, -0.05) is 35.9 Å². The molecule has 0 saturated heterocycles. The molecule has 7 heteroatoms. The van der Waals surface area contributed by atoms with Crippen molar-refractivity contribution in [2.24, 2.45) is 0 Å². The minimum atomic E-state index is -0.527. The molecule has 1 heterocycles. The van der Waals surface area contributed by atoms with E-state index in [4.69, 9.17) is 19.2 Å². The molecular weight excluding hydrogens is 474 g/mol. The van der Waals surface area contributed by atoms with Crippen LogP contribution in [0.5, 0.6) is 11.5 Å². The van der Waals surface area contributed by atoms with Crippen LogP contribution in [0.25, 0.3) is 10.9 Å². The lowest BCUT2D eigenvalue weighted by Crippen LogP contribution is -2.10. The van der Waals surface area contributed by atoms with Gasteiger partial charge >= 0.3 is 5.97 Å². The third-order valence-corrected chi connectivity index (χ3v) is 6.91. The minimum absolute atomic E-state index is 0.0873. The summed E-state index contributed by atoms with van der Waals surface area (Å²) in [5, 5.41) is 1.23. The van der Waals surface area contributed by atoms with Crippen LogP contribution in [0.4, 0.5) is 0 Å². The van der Waals surface area contributed by atoms with Crippen molar-refractivity contribution < 1.29 is 23.8 Å². The Balaban J connectivity index is 1.78. The first-order chi connectivity index (χ1) is 17.4. The van der Waals surface area contributed by atoms with E-state index in [2.05, 4.69) is 32.0 Å². The summed E-state index contributed by atoms with van der Waals surface area (Å²) in [6, 6.07) is 18.9. The Morgan fingerprint density at radius 1 is 1.00 bits per heavy atom. The summed E-state index contributed by atoms with van der Waals surface area (Å²) in [7, 11) is 2.90. The van der Waals surface area contributed by atoms with Gasteiger partial charge in [0.05, 0.1) is 19.7 Å². The number of para-hydroxylation sites is 1. The van der Waals surface area contributed by atoms with Crippen LogP contribution in [0.2, 0.25) is 0 Å². The molecule has 0 aliphatic heterocycles. The van der Waals surface area contributed by atoms with Gasteiger partial charge in [0.2, 0.25) is 0 Å². The summed E-state index contributed by atoms with van der Waals surface area (Å²) < 4.78 is 16.9. The van der Waals surface area contributed by atoms with E-state index in [0.717, 1.165) is 6.29 Å². The number of thioether (sulfide) groups is 1. The number of esters is 1. The number of aryl methyl sites for hydroxylation is 2. The highest BCUT2D eigenvalue weighted by Crippen LogP contribution is 2.38. The lowest BCUT2D eigenvalue weighted by atomic mass is 10.1. The molecular formula is C29H27NO5S. The molecule has 4 rings (SSSR count). The number of aldehydes is 1. The standard InChI is InChI=1S/C29H27NO5S/c1-18-9-10-19(2)22(13-18)17-36-28-26(29(32)34-4)27(23-7-5-6-8-24(23)30-28)35-16-21-14-20(15-31)11-12-25(21)33-3/h5-15H,16-17H2,1-4H3. The molecule has 0 spiro atoms. The van der Waals surface area contributed by atoms with Crippen LogP contribution in [0.15, 0.2) is 65.7 Å². The zero-order valence-electron chi connectivity index (χ0n) is 20.7. The van der Waals surface area contributed by atoms with Gasteiger partial charge in [0.1, 0.15) is 35.0 Å². The Morgan fingerprint density at radius 2 is 1.81 bits per heavy atom. The summed E-state index contributed by atoms with van der Waals surface area (Å²) in [6.45, 7) is 4.21. The number of hydrogen-bond donors (Lipinski definition) is 0. The molecule has 0 fully saturated rings. The van der Waals surface area contributed by atoms with Gasteiger partial charge in [-0.2, -0.15) is 0 Å². The highest BCUT2D eigenvalue weighted by atomic mass is 32.2. The number of nitrogens with zero attached hydrogens (tertiary/aromatic N) is 1. The first-order valence-corrected chi connectivity index (χ1v) is 12.4. The van der Waals surface area contributed by atoms with Gasteiger partial charge < -0.3 is 14.2 Å². The first kappa shape index (κ1) is 25.3. The SMILES string of the molecule is COC(=O)c1c(SCc2cc(C)ccc2C)nc2ccccc2c1OCc1cc(C=O)ccc1OC. The van der Waals surface area contributed by atoms with Crippen molar-refractivity contribution >= 4 is 34.9 Å². The van der Waals surface area contributed by atoms with Crippen molar-refractivity contribution in [3.8, 4) is 11.5 Å². The fourth-order valence-corrected chi connectivity index (χ4v) is 5.02. The Labute approximate surface area is 214 Å². The Kier molecular flexibility index (Phi) is 7.90. The Bertz CT molecular complexity index is 1430. The maximum Gasteiger partial charge on any atom is 0.344 e.